The van der Waals surface area contributed by atoms with Crippen LogP contribution in [0.15, 0.2) is 16.9 Å². The average molecular weight is 318 g/mol. The number of nitrogens with zero attached hydrogens (tertiary/aromatic N) is 3. The first-order valence-corrected chi connectivity index (χ1v) is 6.98. The third kappa shape index (κ3) is 4.10. The number of aliphatic hydroxyl groups is 1. The fourth-order valence-corrected chi connectivity index (χ4v) is 2.01. The van der Waals surface area contributed by atoms with Crippen molar-refractivity contribution in [3.8, 4) is 0 Å². The molecule has 1 N–H and O–H groups in total. The number of hydrogen-bond acceptors (Lipinski definition) is 3. The molecule has 1 amide bonds. The molecule has 18 heavy (non-hydrogen) atoms. The molecule has 1 rings (SSSR count). The van der Waals surface area contributed by atoms with E-state index in [0.29, 0.717) is 13.1 Å². The zero-order chi connectivity index (χ0) is 13.5. The van der Waals surface area contributed by atoms with E-state index in [-0.39, 0.29) is 18.6 Å². The average Bonchev–Trinajstić information content (AvgIpc) is 2.79. The molecule has 5 nitrogen and oxygen atoms in total. The molecule has 102 valence electrons. The first-order valence-electron chi connectivity index (χ1n) is 6.19. The lowest BCUT2D eigenvalue weighted by Crippen LogP contribution is -2.39. The summed E-state index contributed by atoms with van der Waals surface area (Å²) in [7, 11) is 0. The van der Waals surface area contributed by atoms with E-state index in [9.17, 15) is 4.79 Å². The SMILES string of the molecule is CCCCN(CCO)C(=O)C(C)n1cc(Br)cn1. The van der Waals surface area contributed by atoms with Crippen LogP contribution < -0.4 is 0 Å². The van der Waals surface area contributed by atoms with Gasteiger partial charge in [0.25, 0.3) is 0 Å². The quantitative estimate of drug-likeness (QED) is 0.834. The van der Waals surface area contributed by atoms with Crippen LogP contribution in [-0.2, 0) is 4.79 Å². The number of unbranched alkanes of at least 4 members (excludes halogenated alkanes) is 1. The maximum atomic E-state index is 12.3. The summed E-state index contributed by atoms with van der Waals surface area (Å²) in [4.78, 5) is 14.0. The molecule has 0 aliphatic carbocycles. The van der Waals surface area contributed by atoms with Gasteiger partial charge in [0.2, 0.25) is 5.91 Å². The van der Waals surface area contributed by atoms with Crippen molar-refractivity contribution in [1.82, 2.24) is 14.7 Å². The molecule has 0 spiro atoms. The molecule has 0 saturated carbocycles. The highest BCUT2D eigenvalue weighted by molar-refractivity contribution is 9.10. The second-order valence-electron chi connectivity index (χ2n) is 4.22. The Labute approximate surface area is 116 Å². The van der Waals surface area contributed by atoms with Crippen LogP contribution in [0.1, 0.15) is 32.7 Å². The normalized spacial score (nSPS) is 12.4. The molecule has 0 aromatic carbocycles. The number of aromatic nitrogens is 2. The molecule has 0 aliphatic heterocycles. The summed E-state index contributed by atoms with van der Waals surface area (Å²) in [5.74, 6) is -0.00639. The Morgan fingerprint density at radius 2 is 2.33 bits per heavy atom. The van der Waals surface area contributed by atoms with Gasteiger partial charge >= 0.3 is 0 Å². The predicted octanol–water partition coefficient (Wildman–Crippen LogP) is 1.83. The van der Waals surface area contributed by atoms with E-state index in [0.717, 1.165) is 17.3 Å². The molecule has 1 heterocycles. The number of amides is 1. The van der Waals surface area contributed by atoms with Gasteiger partial charge in [0.15, 0.2) is 0 Å². The van der Waals surface area contributed by atoms with Crippen LogP contribution in [0.3, 0.4) is 0 Å². The second-order valence-corrected chi connectivity index (χ2v) is 5.13. The summed E-state index contributed by atoms with van der Waals surface area (Å²) < 4.78 is 2.48. The maximum absolute atomic E-state index is 12.3. The molecule has 0 fully saturated rings. The van der Waals surface area contributed by atoms with Gasteiger partial charge in [0.05, 0.1) is 17.3 Å². The topological polar surface area (TPSA) is 58.4 Å². The molecular weight excluding hydrogens is 298 g/mol. The predicted molar refractivity (Wildman–Crippen MR) is 73.2 cm³/mol. The minimum atomic E-state index is -0.347. The van der Waals surface area contributed by atoms with E-state index in [4.69, 9.17) is 5.11 Å². The summed E-state index contributed by atoms with van der Waals surface area (Å²) >= 11 is 3.31. The lowest BCUT2D eigenvalue weighted by molar-refractivity contribution is -0.135. The van der Waals surface area contributed by atoms with Crippen LogP contribution in [-0.4, -0.2) is 45.4 Å². The van der Waals surface area contributed by atoms with Crippen molar-refractivity contribution in [3.63, 3.8) is 0 Å². The monoisotopic (exact) mass is 317 g/mol. The Kier molecular flexibility index (Phi) is 6.35. The Balaban J connectivity index is 2.69. The lowest BCUT2D eigenvalue weighted by Gasteiger charge is -2.25. The summed E-state index contributed by atoms with van der Waals surface area (Å²) in [5, 5.41) is 13.1. The van der Waals surface area contributed by atoms with Gasteiger partial charge in [-0.3, -0.25) is 9.48 Å². The molecule has 1 unspecified atom stereocenters. The number of carbonyl (C=O) groups is 1. The van der Waals surface area contributed by atoms with E-state index < -0.39 is 0 Å². The van der Waals surface area contributed by atoms with Crippen molar-refractivity contribution in [2.24, 2.45) is 0 Å². The number of carbonyl (C=O) groups excluding carboxylic acids is 1. The molecular formula is C12H20BrN3O2. The Morgan fingerprint density at radius 1 is 1.61 bits per heavy atom. The van der Waals surface area contributed by atoms with Crippen LogP contribution in [0.5, 0.6) is 0 Å². The Bertz CT molecular complexity index is 381. The summed E-state index contributed by atoms with van der Waals surface area (Å²) in [6, 6.07) is -0.347. The van der Waals surface area contributed by atoms with E-state index in [1.54, 1.807) is 22.0 Å². The smallest absolute Gasteiger partial charge is 0.247 e. The van der Waals surface area contributed by atoms with Gasteiger partial charge in [-0.1, -0.05) is 13.3 Å². The first-order chi connectivity index (χ1) is 8.60. The highest BCUT2D eigenvalue weighted by atomic mass is 79.9. The zero-order valence-electron chi connectivity index (χ0n) is 10.8. The summed E-state index contributed by atoms with van der Waals surface area (Å²) in [6.07, 6.45) is 5.41. The standard InChI is InChI=1S/C12H20BrN3O2/c1-3-4-5-15(6-7-17)12(18)10(2)16-9-11(13)8-14-16/h8-10,17H,3-7H2,1-2H3. The lowest BCUT2D eigenvalue weighted by atomic mass is 10.2. The molecule has 0 radical (unpaired) electrons. The molecule has 1 aromatic heterocycles. The van der Waals surface area contributed by atoms with Crippen LogP contribution in [0.4, 0.5) is 0 Å². The fraction of sp³-hybridized carbons (Fsp3) is 0.667. The highest BCUT2D eigenvalue weighted by Crippen LogP contribution is 2.14. The van der Waals surface area contributed by atoms with Crippen LogP contribution >= 0.6 is 15.9 Å². The van der Waals surface area contributed by atoms with Gasteiger partial charge < -0.3 is 10.0 Å². The molecule has 0 bridgehead atoms. The molecule has 0 aliphatic rings. The van der Waals surface area contributed by atoms with E-state index in [2.05, 4.69) is 28.0 Å². The van der Waals surface area contributed by atoms with E-state index in [1.165, 1.54) is 0 Å². The third-order valence-electron chi connectivity index (χ3n) is 2.79. The number of rotatable bonds is 7. The minimum absolute atomic E-state index is 0.00639. The van der Waals surface area contributed by atoms with Crippen molar-refractivity contribution in [1.29, 1.82) is 0 Å². The van der Waals surface area contributed by atoms with Gasteiger partial charge in [0, 0.05) is 19.3 Å². The van der Waals surface area contributed by atoms with Crippen molar-refractivity contribution in [2.45, 2.75) is 32.7 Å². The van der Waals surface area contributed by atoms with Gasteiger partial charge in [-0.2, -0.15) is 5.10 Å². The van der Waals surface area contributed by atoms with E-state index in [1.807, 2.05) is 6.92 Å². The Morgan fingerprint density at radius 3 is 2.83 bits per heavy atom. The van der Waals surface area contributed by atoms with Gasteiger partial charge in [0.1, 0.15) is 6.04 Å². The largest absolute Gasteiger partial charge is 0.395 e. The van der Waals surface area contributed by atoms with Crippen LogP contribution in [0.25, 0.3) is 0 Å². The highest BCUT2D eigenvalue weighted by Gasteiger charge is 2.21. The van der Waals surface area contributed by atoms with Gasteiger partial charge in [-0.05, 0) is 29.3 Å². The van der Waals surface area contributed by atoms with Crippen molar-refractivity contribution < 1.29 is 9.90 Å². The van der Waals surface area contributed by atoms with Crippen molar-refractivity contribution in [2.75, 3.05) is 19.7 Å². The fourth-order valence-electron chi connectivity index (χ4n) is 1.71. The van der Waals surface area contributed by atoms with Crippen LogP contribution in [0.2, 0.25) is 0 Å². The van der Waals surface area contributed by atoms with Crippen LogP contribution in [0, 0.1) is 0 Å². The molecule has 6 heteroatoms. The van der Waals surface area contributed by atoms with Gasteiger partial charge in [-0.15, -0.1) is 0 Å². The molecule has 0 saturated heterocycles. The third-order valence-corrected chi connectivity index (χ3v) is 3.20. The van der Waals surface area contributed by atoms with Crippen molar-refractivity contribution in [3.05, 3.63) is 16.9 Å². The van der Waals surface area contributed by atoms with Crippen molar-refractivity contribution >= 4 is 21.8 Å². The minimum Gasteiger partial charge on any atom is -0.395 e. The second kappa shape index (κ2) is 7.53. The number of aliphatic hydroxyl groups excluding tert-OH is 1. The first kappa shape index (κ1) is 15.2. The van der Waals surface area contributed by atoms with E-state index >= 15 is 0 Å². The maximum Gasteiger partial charge on any atom is 0.247 e. The number of hydrogen-bond donors (Lipinski definition) is 1. The molecule has 1 atom stereocenters. The molecule has 1 aromatic rings. The number of halogens is 1. The Hall–Kier alpha value is -0.880. The van der Waals surface area contributed by atoms with Gasteiger partial charge in [-0.25, -0.2) is 0 Å². The summed E-state index contributed by atoms with van der Waals surface area (Å²) in [5.41, 5.74) is 0. The zero-order valence-corrected chi connectivity index (χ0v) is 12.4. The summed E-state index contributed by atoms with van der Waals surface area (Å²) in [6.45, 7) is 4.95.